The lowest BCUT2D eigenvalue weighted by Crippen LogP contribution is -2.14. The molecule has 1 aliphatic rings. The van der Waals surface area contributed by atoms with Crippen molar-refractivity contribution in [3.8, 4) is 0 Å². The molecule has 1 aliphatic heterocycles. The van der Waals surface area contributed by atoms with Crippen LogP contribution in [0.5, 0.6) is 0 Å². The molecule has 1 fully saturated rings. The Morgan fingerprint density at radius 2 is 2.55 bits per heavy atom. The van der Waals surface area contributed by atoms with Crippen LogP contribution in [-0.2, 0) is 4.74 Å². The summed E-state index contributed by atoms with van der Waals surface area (Å²) in [6, 6.07) is 1.94. The third kappa shape index (κ3) is 1.29. The van der Waals surface area contributed by atoms with Crippen molar-refractivity contribution in [1.82, 2.24) is 4.37 Å². The molecule has 0 aliphatic carbocycles. The molecule has 0 amide bonds. The average molecular weight is 171 g/mol. The number of hydrogen-bond donors (Lipinski definition) is 1. The maximum atomic E-state index is 9.41. The minimum Gasteiger partial charge on any atom is -0.390 e. The number of aromatic nitrogens is 1. The van der Waals surface area contributed by atoms with Crippen LogP contribution in [0.1, 0.15) is 10.8 Å². The fraction of sp³-hybridized carbons (Fsp3) is 0.571. The standard InChI is InChI=1S/C7H9NO2S/c9-6-4-10-3-5(6)7-1-2-8-11-7/h1-2,5-6,9H,3-4H2/t5-,6-/m1/s1. The van der Waals surface area contributed by atoms with Crippen molar-refractivity contribution >= 4 is 11.5 Å². The van der Waals surface area contributed by atoms with Crippen molar-refractivity contribution in [2.75, 3.05) is 13.2 Å². The molecule has 0 aromatic carbocycles. The summed E-state index contributed by atoms with van der Waals surface area (Å²) in [6.45, 7) is 1.09. The zero-order chi connectivity index (χ0) is 7.68. The summed E-state index contributed by atoms with van der Waals surface area (Å²) in [6.07, 6.45) is 1.42. The Morgan fingerprint density at radius 1 is 1.64 bits per heavy atom. The molecule has 60 valence electrons. The van der Waals surface area contributed by atoms with E-state index in [1.807, 2.05) is 6.07 Å². The molecular formula is C7H9NO2S. The van der Waals surface area contributed by atoms with Gasteiger partial charge < -0.3 is 9.84 Å². The molecule has 2 atom stereocenters. The summed E-state index contributed by atoms with van der Waals surface area (Å²) in [4.78, 5) is 1.12. The predicted octanol–water partition coefficient (Wildman–Crippen LogP) is 0.618. The fourth-order valence-corrected chi connectivity index (χ4v) is 1.96. The van der Waals surface area contributed by atoms with Gasteiger partial charge in [-0.3, -0.25) is 0 Å². The lowest BCUT2D eigenvalue weighted by Gasteiger charge is -2.07. The van der Waals surface area contributed by atoms with Crippen LogP contribution < -0.4 is 0 Å². The van der Waals surface area contributed by atoms with E-state index in [2.05, 4.69) is 4.37 Å². The van der Waals surface area contributed by atoms with Gasteiger partial charge >= 0.3 is 0 Å². The van der Waals surface area contributed by atoms with E-state index in [1.165, 1.54) is 11.5 Å². The van der Waals surface area contributed by atoms with Crippen molar-refractivity contribution < 1.29 is 9.84 Å². The van der Waals surface area contributed by atoms with Gasteiger partial charge in [0, 0.05) is 17.0 Å². The van der Waals surface area contributed by atoms with E-state index in [9.17, 15) is 5.11 Å². The first-order chi connectivity index (χ1) is 5.38. The molecule has 1 saturated heterocycles. The van der Waals surface area contributed by atoms with E-state index in [4.69, 9.17) is 4.74 Å². The highest BCUT2D eigenvalue weighted by molar-refractivity contribution is 7.05. The number of hydrogen-bond acceptors (Lipinski definition) is 4. The van der Waals surface area contributed by atoms with Crippen LogP contribution in [-0.4, -0.2) is 28.8 Å². The second-order valence-electron chi connectivity index (χ2n) is 2.63. The van der Waals surface area contributed by atoms with Crippen LogP contribution >= 0.6 is 11.5 Å². The zero-order valence-electron chi connectivity index (χ0n) is 5.93. The van der Waals surface area contributed by atoms with Gasteiger partial charge in [0.25, 0.3) is 0 Å². The quantitative estimate of drug-likeness (QED) is 0.673. The molecule has 0 unspecified atom stereocenters. The van der Waals surface area contributed by atoms with Gasteiger partial charge in [-0.15, -0.1) is 0 Å². The van der Waals surface area contributed by atoms with Crippen molar-refractivity contribution in [1.29, 1.82) is 0 Å². The molecule has 0 radical (unpaired) electrons. The van der Waals surface area contributed by atoms with Crippen LogP contribution in [0.15, 0.2) is 12.3 Å². The number of aliphatic hydroxyl groups is 1. The van der Waals surface area contributed by atoms with E-state index in [1.54, 1.807) is 6.20 Å². The number of ether oxygens (including phenoxy) is 1. The summed E-state index contributed by atoms with van der Waals surface area (Å²) in [5, 5.41) is 9.41. The van der Waals surface area contributed by atoms with Gasteiger partial charge in [-0.25, -0.2) is 4.37 Å². The molecule has 4 heteroatoms. The van der Waals surface area contributed by atoms with Crippen LogP contribution in [0, 0.1) is 0 Å². The first kappa shape index (κ1) is 7.21. The first-order valence-electron chi connectivity index (χ1n) is 3.54. The molecule has 2 rings (SSSR count). The Bertz CT molecular complexity index is 224. The average Bonchev–Trinajstić information content (AvgIpc) is 2.55. The largest absolute Gasteiger partial charge is 0.390 e. The van der Waals surface area contributed by atoms with E-state index < -0.39 is 0 Å². The van der Waals surface area contributed by atoms with Gasteiger partial charge in [-0.1, -0.05) is 0 Å². The lowest BCUT2D eigenvalue weighted by molar-refractivity contribution is 0.125. The highest BCUT2D eigenvalue weighted by Gasteiger charge is 2.28. The van der Waals surface area contributed by atoms with Gasteiger partial charge in [-0.05, 0) is 17.6 Å². The van der Waals surface area contributed by atoms with Gasteiger partial charge in [0.15, 0.2) is 0 Å². The van der Waals surface area contributed by atoms with E-state index in [0.29, 0.717) is 13.2 Å². The van der Waals surface area contributed by atoms with Gasteiger partial charge in [0.2, 0.25) is 0 Å². The van der Waals surface area contributed by atoms with E-state index in [-0.39, 0.29) is 12.0 Å². The van der Waals surface area contributed by atoms with E-state index in [0.717, 1.165) is 4.88 Å². The van der Waals surface area contributed by atoms with Gasteiger partial charge in [0.1, 0.15) is 0 Å². The van der Waals surface area contributed by atoms with Gasteiger partial charge in [0.05, 0.1) is 19.3 Å². The Hall–Kier alpha value is -0.450. The third-order valence-corrected chi connectivity index (χ3v) is 2.75. The Labute approximate surface area is 68.8 Å². The minimum atomic E-state index is -0.338. The minimum absolute atomic E-state index is 0.155. The van der Waals surface area contributed by atoms with Crippen molar-refractivity contribution in [2.45, 2.75) is 12.0 Å². The van der Waals surface area contributed by atoms with Crippen LogP contribution in [0.25, 0.3) is 0 Å². The Morgan fingerprint density at radius 3 is 3.09 bits per heavy atom. The Kier molecular flexibility index (Phi) is 1.89. The number of nitrogens with zero attached hydrogens (tertiary/aromatic N) is 1. The molecule has 0 spiro atoms. The van der Waals surface area contributed by atoms with E-state index >= 15 is 0 Å². The first-order valence-corrected chi connectivity index (χ1v) is 4.31. The fourth-order valence-electron chi connectivity index (χ4n) is 1.23. The highest BCUT2D eigenvalue weighted by Crippen LogP contribution is 2.27. The second kappa shape index (κ2) is 2.89. The monoisotopic (exact) mass is 171 g/mol. The lowest BCUT2D eigenvalue weighted by atomic mass is 10.1. The summed E-state index contributed by atoms with van der Waals surface area (Å²) in [5.74, 6) is 0.155. The van der Waals surface area contributed by atoms with Gasteiger partial charge in [-0.2, -0.15) is 0 Å². The SMILES string of the molecule is O[C@@H]1COC[C@H]1c1ccns1. The zero-order valence-corrected chi connectivity index (χ0v) is 6.75. The van der Waals surface area contributed by atoms with Crippen molar-refractivity contribution in [3.05, 3.63) is 17.1 Å². The molecule has 1 aromatic rings. The molecule has 2 heterocycles. The molecule has 0 saturated carbocycles. The maximum Gasteiger partial charge on any atom is 0.0872 e. The molecule has 1 N–H and O–H groups in total. The maximum absolute atomic E-state index is 9.41. The normalized spacial score (nSPS) is 31.0. The molecule has 11 heavy (non-hydrogen) atoms. The predicted molar refractivity (Wildman–Crippen MR) is 41.7 cm³/mol. The Balaban J connectivity index is 2.16. The van der Waals surface area contributed by atoms with Crippen LogP contribution in [0.4, 0.5) is 0 Å². The summed E-state index contributed by atoms with van der Waals surface area (Å²) in [7, 11) is 0. The molecule has 1 aromatic heterocycles. The molecule has 0 bridgehead atoms. The highest BCUT2D eigenvalue weighted by atomic mass is 32.1. The summed E-state index contributed by atoms with van der Waals surface area (Å²) < 4.78 is 9.10. The smallest absolute Gasteiger partial charge is 0.0872 e. The van der Waals surface area contributed by atoms with Crippen molar-refractivity contribution in [3.63, 3.8) is 0 Å². The van der Waals surface area contributed by atoms with Crippen molar-refractivity contribution in [2.24, 2.45) is 0 Å². The second-order valence-corrected chi connectivity index (χ2v) is 3.49. The third-order valence-electron chi connectivity index (χ3n) is 1.87. The van der Waals surface area contributed by atoms with Crippen LogP contribution in [0.3, 0.4) is 0 Å². The topological polar surface area (TPSA) is 42.4 Å². The number of aliphatic hydroxyl groups excluding tert-OH is 1. The summed E-state index contributed by atoms with van der Waals surface area (Å²) in [5.41, 5.74) is 0. The number of rotatable bonds is 1. The summed E-state index contributed by atoms with van der Waals surface area (Å²) >= 11 is 1.43. The molecule has 3 nitrogen and oxygen atoms in total. The van der Waals surface area contributed by atoms with Crippen LogP contribution in [0.2, 0.25) is 0 Å². The molecular weight excluding hydrogens is 162 g/mol.